The van der Waals surface area contributed by atoms with Gasteiger partial charge in [0.15, 0.2) is 0 Å². The van der Waals surface area contributed by atoms with Crippen molar-refractivity contribution in [2.24, 2.45) is 0 Å². The maximum atomic E-state index is 9.98. The largest absolute Gasteiger partial charge is 1.00 e. The van der Waals surface area contributed by atoms with Crippen molar-refractivity contribution in [2.45, 2.75) is 0 Å². The molecular weight excluding hydrogens is 277 g/mol. The molecule has 0 unspecified atom stereocenters. The molecule has 0 aromatic carbocycles. The normalized spacial score (nSPS) is 6.33. The topological polar surface area (TPSA) is 163 Å². The Bertz CT molecular complexity index is 187. The summed E-state index contributed by atoms with van der Waals surface area (Å²) in [6.45, 7) is 0.644. The van der Waals surface area contributed by atoms with Gasteiger partial charge in [0.2, 0.25) is 0 Å². The van der Waals surface area contributed by atoms with E-state index in [9.17, 15) is 4.57 Å². The van der Waals surface area contributed by atoms with Gasteiger partial charge in [0.25, 0.3) is 0 Å². The molecule has 0 amide bonds. The number of hydrogen-bond acceptors (Lipinski definition) is 2. The molecule has 2 radical (unpaired) electrons. The fraction of sp³-hybridized carbons (Fsp3) is 0.800. The second-order valence-corrected chi connectivity index (χ2v) is 2.71. The zero-order valence-electron chi connectivity index (χ0n) is 8.75. The first-order valence-electron chi connectivity index (χ1n) is 2.66. The van der Waals surface area contributed by atoms with Gasteiger partial charge in [0, 0.05) is 37.7 Å². The molecule has 0 aliphatic heterocycles. The van der Waals surface area contributed by atoms with E-state index < -0.39 is 0 Å². The van der Waals surface area contributed by atoms with Gasteiger partial charge < -0.3 is 34.3 Å². The summed E-state index contributed by atoms with van der Waals surface area (Å²) in [5.74, 6) is 2.62. The average molecular weight is 296 g/mol. The number of quaternary nitrogens is 1. The first kappa shape index (κ1) is 44.1. The Balaban J connectivity index is -0.0000000213. The first-order valence-corrected chi connectivity index (χ1v) is 3.47. The third kappa shape index (κ3) is 31.3. The molecule has 9 N–H and O–H groups in total. The van der Waals surface area contributed by atoms with Crippen LogP contribution in [0.1, 0.15) is 0 Å². The van der Waals surface area contributed by atoms with Crippen molar-refractivity contribution in [3.63, 3.8) is 0 Å². The average Bonchev–Trinajstić information content (AvgIpc) is 1.64. The van der Waals surface area contributed by atoms with Crippen LogP contribution in [0.2, 0.25) is 0 Å². The van der Waals surface area contributed by atoms with Crippen molar-refractivity contribution >= 4 is 45.7 Å². The summed E-state index contributed by atoms with van der Waals surface area (Å²) in [5.41, 5.74) is 0. The Morgan fingerprint density at radius 1 is 1.20 bits per heavy atom. The Kier molecular flexibility index (Phi) is 72.1. The van der Waals surface area contributed by atoms with E-state index in [2.05, 4.69) is 5.75 Å². The van der Waals surface area contributed by atoms with E-state index >= 15 is 0 Å². The second-order valence-electron chi connectivity index (χ2n) is 2.32. The zero-order chi connectivity index (χ0) is 7.33. The van der Waals surface area contributed by atoms with E-state index in [-0.39, 0.29) is 86.6 Å². The van der Waals surface area contributed by atoms with Crippen molar-refractivity contribution in [2.75, 3.05) is 27.2 Å². The summed E-state index contributed by atoms with van der Waals surface area (Å²) in [7, 11) is 3.54. The molecule has 0 bridgehead atoms. The van der Waals surface area contributed by atoms with Gasteiger partial charge in [-0.1, -0.05) is 0 Å². The predicted octanol–water partition coefficient (Wildman–Crippen LogP) is -6.41. The molecule has 0 aliphatic rings. The number of aliphatic hydroxyl groups is 1. The molecule has 0 atom stereocenters. The summed E-state index contributed by atoms with van der Waals surface area (Å²) in [5, 5.41) is 8.47. The minimum absolute atomic E-state index is 0. The number of aliphatic hydroxyl groups excluding tert-OH is 1. The molecule has 0 saturated heterocycles. The van der Waals surface area contributed by atoms with Crippen molar-refractivity contribution < 1.29 is 48.5 Å². The van der Waals surface area contributed by atoms with Gasteiger partial charge in [-0.25, -0.2) is 0 Å². The molecular formula is C5H19CaClNO6P. The SMILES string of the molecule is C[N+](C)(C#P=O)CCO.O.O.O.O.[Ca].[Cl-]. The fourth-order valence-corrected chi connectivity index (χ4v) is 0.732. The standard InChI is InChI=1S/C5H11NO2P.Ca.ClH.4H2O/c1-6(2,3-4-7)5-9-8;;;;;;/h7H,3-4H2,1-2H3;;1H;4*1H2/q+1;;;;;;/p-1. The molecule has 10 heteroatoms. The van der Waals surface area contributed by atoms with Crippen LogP contribution in [0.25, 0.3) is 0 Å². The summed E-state index contributed by atoms with van der Waals surface area (Å²) in [4.78, 5) is 0. The van der Waals surface area contributed by atoms with Gasteiger partial charge in [-0.15, -0.1) is 0 Å². The van der Waals surface area contributed by atoms with Crippen molar-refractivity contribution in [1.29, 1.82) is 0 Å². The number of likely N-dealkylation sites (N-methyl/N-ethyl adjacent to an activating group) is 1. The van der Waals surface area contributed by atoms with Crippen LogP contribution < -0.4 is 12.4 Å². The zero-order valence-corrected chi connectivity index (χ0v) is 12.6. The van der Waals surface area contributed by atoms with E-state index in [0.717, 1.165) is 0 Å². The number of hydrogen-bond donors (Lipinski definition) is 1. The van der Waals surface area contributed by atoms with E-state index in [1.165, 1.54) is 0 Å². The van der Waals surface area contributed by atoms with Crippen LogP contribution in [0, 0.1) is 5.75 Å². The molecule has 7 nitrogen and oxygen atoms in total. The minimum Gasteiger partial charge on any atom is -1.00 e. The van der Waals surface area contributed by atoms with E-state index in [4.69, 9.17) is 5.11 Å². The van der Waals surface area contributed by atoms with Gasteiger partial charge in [0.05, 0.1) is 0 Å². The maximum Gasteiger partial charge on any atom is 0 e. The van der Waals surface area contributed by atoms with Gasteiger partial charge in [-0.3, -0.25) is 0 Å². The molecule has 15 heavy (non-hydrogen) atoms. The third-order valence-electron chi connectivity index (χ3n) is 0.971. The number of halogens is 1. The fourth-order valence-electron chi connectivity index (χ4n) is 0.411. The Morgan fingerprint density at radius 2 is 1.53 bits per heavy atom. The first-order chi connectivity index (χ1) is 4.12. The molecule has 0 heterocycles. The van der Waals surface area contributed by atoms with Crippen LogP contribution in [-0.2, 0) is 4.57 Å². The van der Waals surface area contributed by atoms with Gasteiger partial charge in [0.1, 0.15) is 0 Å². The summed E-state index contributed by atoms with van der Waals surface area (Å²) < 4.78 is 10.3. The van der Waals surface area contributed by atoms with Crippen LogP contribution in [-0.4, -0.2) is 96.5 Å². The Labute approximate surface area is 126 Å². The molecule has 0 aliphatic carbocycles. The molecule has 0 aromatic heterocycles. The quantitative estimate of drug-likeness (QED) is 0.304. The van der Waals surface area contributed by atoms with Crippen LogP contribution in [0.5, 0.6) is 0 Å². The van der Waals surface area contributed by atoms with Crippen LogP contribution in [0.4, 0.5) is 0 Å². The van der Waals surface area contributed by atoms with Crippen LogP contribution in [0.3, 0.4) is 0 Å². The Hall–Kier alpha value is 1.32. The molecule has 0 spiro atoms. The molecule has 0 fully saturated rings. The van der Waals surface area contributed by atoms with Gasteiger partial charge in [-0.2, -0.15) is 0 Å². The summed E-state index contributed by atoms with van der Waals surface area (Å²) in [6, 6.07) is 0. The van der Waals surface area contributed by atoms with Crippen molar-refractivity contribution in [3.05, 3.63) is 0 Å². The maximum absolute atomic E-state index is 9.98. The summed E-state index contributed by atoms with van der Waals surface area (Å²) in [6.07, 6.45) is 0. The van der Waals surface area contributed by atoms with Crippen molar-refractivity contribution in [3.8, 4) is 5.75 Å². The van der Waals surface area contributed by atoms with Gasteiger partial charge >= 0.3 is 55.1 Å². The third-order valence-corrected chi connectivity index (χ3v) is 1.59. The van der Waals surface area contributed by atoms with Gasteiger partial charge in [-0.05, 0) is 0 Å². The molecule has 0 rings (SSSR count). The minimum atomic E-state index is -0.105. The number of rotatable bonds is 2. The predicted molar refractivity (Wildman–Crippen MR) is 55.8 cm³/mol. The van der Waals surface area contributed by atoms with E-state index in [1.807, 2.05) is 14.1 Å². The van der Waals surface area contributed by atoms with Crippen LogP contribution >= 0.6 is 7.92 Å². The Morgan fingerprint density at radius 3 is 1.73 bits per heavy atom. The monoisotopic (exact) mass is 295 g/mol. The molecule has 0 aromatic rings. The van der Waals surface area contributed by atoms with Crippen molar-refractivity contribution in [1.82, 2.24) is 0 Å². The van der Waals surface area contributed by atoms with E-state index in [1.54, 1.807) is 0 Å². The van der Waals surface area contributed by atoms with Crippen LogP contribution in [0.15, 0.2) is 0 Å². The smallest absolute Gasteiger partial charge is 0 e. The number of nitrogens with zero attached hydrogens (tertiary/aromatic N) is 1. The molecule has 0 saturated carbocycles. The van der Waals surface area contributed by atoms with E-state index in [0.29, 0.717) is 11.0 Å². The molecule has 94 valence electrons. The summed E-state index contributed by atoms with van der Waals surface area (Å²) >= 11 is 0. The second kappa shape index (κ2) is 24.5.